The first-order valence-corrected chi connectivity index (χ1v) is 10.4. The zero-order chi connectivity index (χ0) is 20.1. The van der Waals surface area contributed by atoms with E-state index in [1.165, 1.54) is 17.3 Å². The smallest absolute Gasteiger partial charge is 0.270 e. The van der Waals surface area contributed by atoms with Crippen LogP contribution in [-0.2, 0) is 11.2 Å². The van der Waals surface area contributed by atoms with Crippen LogP contribution in [0.15, 0.2) is 47.4 Å². The van der Waals surface area contributed by atoms with E-state index >= 15 is 0 Å². The van der Waals surface area contributed by atoms with Crippen molar-refractivity contribution in [1.29, 1.82) is 0 Å². The maximum atomic E-state index is 12.9. The van der Waals surface area contributed by atoms with Crippen molar-refractivity contribution < 1.29 is 14.3 Å². The second-order valence-corrected chi connectivity index (χ2v) is 8.08. The summed E-state index contributed by atoms with van der Waals surface area (Å²) in [6.45, 7) is 2.18. The predicted octanol–water partition coefficient (Wildman–Crippen LogP) is 5.45. The fourth-order valence-electron chi connectivity index (χ4n) is 2.98. The average molecular weight is 414 g/mol. The molecule has 2 aromatic carbocycles. The standard InChI is InChI=1S/C22H23NO3S2/c1-4-5-6-15-7-10-17(11-8-15)23-21(24)20(28-22(23)27)14-16-9-12-18(25-2)19(13-16)26-3/h7-14H,4-6H2,1-3H3/b20-14-. The number of benzene rings is 2. The summed E-state index contributed by atoms with van der Waals surface area (Å²) in [4.78, 5) is 15.1. The van der Waals surface area contributed by atoms with Gasteiger partial charge in [0.05, 0.1) is 24.8 Å². The number of amides is 1. The molecule has 4 nitrogen and oxygen atoms in total. The Bertz CT molecular complexity index is 906. The fourth-order valence-corrected chi connectivity index (χ4v) is 4.28. The predicted molar refractivity (Wildman–Crippen MR) is 120 cm³/mol. The Morgan fingerprint density at radius 3 is 2.43 bits per heavy atom. The molecule has 0 N–H and O–H groups in total. The summed E-state index contributed by atoms with van der Waals surface area (Å²) < 4.78 is 11.1. The van der Waals surface area contributed by atoms with E-state index in [-0.39, 0.29) is 5.91 Å². The van der Waals surface area contributed by atoms with Crippen molar-refractivity contribution in [3.63, 3.8) is 0 Å². The Kier molecular flexibility index (Phi) is 6.75. The average Bonchev–Trinajstić information content (AvgIpc) is 2.99. The topological polar surface area (TPSA) is 38.8 Å². The summed E-state index contributed by atoms with van der Waals surface area (Å²) in [6.07, 6.45) is 5.21. The molecule has 3 rings (SSSR count). The van der Waals surface area contributed by atoms with Crippen LogP contribution in [0.2, 0.25) is 0 Å². The van der Waals surface area contributed by atoms with Gasteiger partial charge in [0.25, 0.3) is 5.91 Å². The van der Waals surface area contributed by atoms with Gasteiger partial charge in [0.1, 0.15) is 0 Å². The van der Waals surface area contributed by atoms with Crippen molar-refractivity contribution in [3.8, 4) is 11.5 Å². The number of hydrogen-bond acceptors (Lipinski definition) is 5. The van der Waals surface area contributed by atoms with Gasteiger partial charge in [0.15, 0.2) is 15.8 Å². The number of methoxy groups -OCH3 is 2. The second kappa shape index (κ2) is 9.26. The van der Waals surface area contributed by atoms with Crippen LogP contribution < -0.4 is 14.4 Å². The summed E-state index contributed by atoms with van der Waals surface area (Å²) in [6, 6.07) is 13.6. The molecule has 146 valence electrons. The van der Waals surface area contributed by atoms with Gasteiger partial charge in [-0.05, 0) is 54.3 Å². The van der Waals surface area contributed by atoms with E-state index in [1.807, 2.05) is 36.4 Å². The minimum absolute atomic E-state index is 0.105. The highest BCUT2D eigenvalue weighted by molar-refractivity contribution is 8.27. The molecule has 0 bridgehead atoms. The van der Waals surface area contributed by atoms with E-state index in [2.05, 4.69) is 19.1 Å². The highest BCUT2D eigenvalue weighted by atomic mass is 32.2. The monoisotopic (exact) mass is 413 g/mol. The summed E-state index contributed by atoms with van der Waals surface area (Å²) >= 11 is 6.78. The highest BCUT2D eigenvalue weighted by Gasteiger charge is 2.33. The lowest BCUT2D eigenvalue weighted by molar-refractivity contribution is -0.113. The fraction of sp³-hybridized carbons (Fsp3) is 0.273. The quantitative estimate of drug-likeness (QED) is 0.446. The summed E-state index contributed by atoms with van der Waals surface area (Å²) in [7, 11) is 3.18. The van der Waals surface area contributed by atoms with Crippen molar-refractivity contribution in [3.05, 3.63) is 58.5 Å². The molecule has 1 saturated heterocycles. The maximum Gasteiger partial charge on any atom is 0.270 e. The van der Waals surface area contributed by atoms with Gasteiger partial charge in [-0.15, -0.1) is 0 Å². The third-order valence-corrected chi connectivity index (χ3v) is 5.81. The molecule has 28 heavy (non-hydrogen) atoms. The summed E-state index contributed by atoms with van der Waals surface area (Å²) in [5, 5.41) is 0. The normalized spacial score (nSPS) is 15.4. The Morgan fingerprint density at radius 1 is 1.07 bits per heavy atom. The molecular formula is C22H23NO3S2. The van der Waals surface area contributed by atoms with Gasteiger partial charge < -0.3 is 9.47 Å². The Labute approximate surface area is 175 Å². The van der Waals surface area contributed by atoms with Crippen LogP contribution in [0.3, 0.4) is 0 Å². The van der Waals surface area contributed by atoms with Crippen molar-refractivity contribution in [2.75, 3.05) is 19.1 Å². The molecule has 0 saturated carbocycles. The first-order chi connectivity index (χ1) is 13.6. The molecule has 1 heterocycles. The third kappa shape index (κ3) is 4.39. The highest BCUT2D eigenvalue weighted by Crippen LogP contribution is 2.37. The van der Waals surface area contributed by atoms with Crippen LogP contribution in [0.5, 0.6) is 11.5 Å². The number of aryl methyl sites for hydroxylation is 1. The van der Waals surface area contributed by atoms with Gasteiger partial charge in [0, 0.05) is 0 Å². The van der Waals surface area contributed by atoms with Crippen molar-refractivity contribution in [2.45, 2.75) is 26.2 Å². The molecule has 1 aliphatic rings. The summed E-state index contributed by atoms with van der Waals surface area (Å²) in [5.41, 5.74) is 2.93. The number of thiocarbonyl (C=S) groups is 1. The van der Waals surface area contributed by atoms with Gasteiger partial charge in [-0.25, -0.2) is 0 Å². The van der Waals surface area contributed by atoms with E-state index in [0.29, 0.717) is 20.7 Å². The van der Waals surface area contributed by atoms with Gasteiger partial charge in [-0.1, -0.05) is 55.5 Å². The first kappa shape index (κ1) is 20.4. The van der Waals surface area contributed by atoms with E-state index in [1.54, 1.807) is 19.1 Å². The van der Waals surface area contributed by atoms with Crippen LogP contribution in [0.25, 0.3) is 6.08 Å². The molecule has 0 aliphatic carbocycles. The van der Waals surface area contributed by atoms with Crippen LogP contribution in [0.4, 0.5) is 5.69 Å². The van der Waals surface area contributed by atoms with Crippen LogP contribution in [-0.4, -0.2) is 24.4 Å². The second-order valence-electron chi connectivity index (χ2n) is 6.40. The van der Waals surface area contributed by atoms with E-state index in [4.69, 9.17) is 21.7 Å². The molecular weight excluding hydrogens is 390 g/mol. The van der Waals surface area contributed by atoms with Crippen molar-refractivity contribution >= 4 is 46.0 Å². The number of rotatable bonds is 7. The molecule has 0 radical (unpaired) electrons. The number of nitrogens with zero attached hydrogens (tertiary/aromatic N) is 1. The van der Waals surface area contributed by atoms with Crippen LogP contribution in [0.1, 0.15) is 30.9 Å². The SMILES string of the molecule is CCCCc1ccc(N2C(=O)/C(=C/c3ccc(OC)c(OC)c3)SC2=S)cc1. The molecule has 2 aromatic rings. The number of carbonyl (C=O) groups is 1. The van der Waals surface area contributed by atoms with Gasteiger partial charge >= 0.3 is 0 Å². The van der Waals surface area contributed by atoms with Crippen molar-refractivity contribution in [1.82, 2.24) is 0 Å². The maximum absolute atomic E-state index is 12.9. The van der Waals surface area contributed by atoms with Gasteiger partial charge in [-0.2, -0.15) is 0 Å². The lowest BCUT2D eigenvalue weighted by atomic mass is 10.1. The molecule has 0 aromatic heterocycles. The van der Waals surface area contributed by atoms with E-state index < -0.39 is 0 Å². The van der Waals surface area contributed by atoms with Crippen LogP contribution >= 0.6 is 24.0 Å². The van der Waals surface area contributed by atoms with Gasteiger partial charge in [0.2, 0.25) is 0 Å². The van der Waals surface area contributed by atoms with Gasteiger partial charge in [-0.3, -0.25) is 9.69 Å². The molecule has 0 atom stereocenters. The van der Waals surface area contributed by atoms with Crippen LogP contribution in [0, 0.1) is 0 Å². The number of unbranched alkanes of at least 4 members (excludes halogenated alkanes) is 1. The number of ether oxygens (including phenoxy) is 2. The van der Waals surface area contributed by atoms with Crippen molar-refractivity contribution in [2.24, 2.45) is 0 Å². The minimum Gasteiger partial charge on any atom is -0.493 e. The molecule has 1 fully saturated rings. The number of hydrogen-bond donors (Lipinski definition) is 0. The molecule has 0 unspecified atom stereocenters. The lowest BCUT2D eigenvalue weighted by Crippen LogP contribution is -2.27. The number of thioether (sulfide) groups is 1. The van der Waals surface area contributed by atoms with E-state index in [0.717, 1.165) is 30.5 Å². The minimum atomic E-state index is -0.105. The Morgan fingerprint density at radius 2 is 1.79 bits per heavy atom. The number of anilines is 1. The first-order valence-electron chi connectivity index (χ1n) is 9.16. The molecule has 1 amide bonds. The third-order valence-electron chi connectivity index (χ3n) is 4.51. The Hall–Kier alpha value is -2.31. The Balaban J connectivity index is 1.82. The summed E-state index contributed by atoms with van der Waals surface area (Å²) in [5.74, 6) is 1.16. The molecule has 0 spiro atoms. The largest absolute Gasteiger partial charge is 0.493 e. The zero-order valence-corrected chi connectivity index (χ0v) is 17.9. The van der Waals surface area contributed by atoms with E-state index in [9.17, 15) is 4.79 Å². The zero-order valence-electron chi connectivity index (χ0n) is 16.2. The molecule has 1 aliphatic heterocycles. The number of carbonyl (C=O) groups excluding carboxylic acids is 1. The molecule has 6 heteroatoms. The lowest BCUT2D eigenvalue weighted by Gasteiger charge is -2.15.